The molecule has 3 heterocycles. The van der Waals surface area contributed by atoms with E-state index in [1.165, 1.54) is 6.08 Å². The summed E-state index contributed by atoms with van der Waals surface area (Å²) in [7, 11) is 0. The molecule has 3 rings (SSSR count). The SMILES string of the molecule is CC.CC.O=C1C=C(N2CCC3(CCNCC3)C2=O)CO1. The minimum absolute atomic E-state index is 0.183. The van der Waals surface area contributed by atoms with Crippen LogP contribution in [0.1, 0.15) is 47.0 Å². The average Bonchev–Trinajstić information content (AvgIpc) is 3.10. The third kappa shape index (κ3) is 3.64. The molecule has 0 aromatic heterocycles. The van der Waals surface area contributed by atoms with Crippen molar-refractivity contribution in [3.05, 3.63) is 11.8 Å². The Morgan fingerprint density at radius 3 is 2.24 bits per heavy atom. The summed E-state index contributed by atoms with van der Waals surface area (Å²) >= 11 is 0. The second kappa shape index (κ2) is 8.17. The second-order valence-corrected chi connectivity index (χ2v) is 4.98. The summed E-state index contributed by atoms with van der Waals surface area (Å²) in [5.41, 5.74) is 0.549. The largest absolute Gasteiger partial charge is 0.456 e. The Hall–Kier alpha value is -1.36. The molecule has 0 bridgehead atoms. The van der Waals surface area contributed by atoms with E-state index in [4.69, 9.17) is 4.74 Å². The monoisotopic (exact) mass is 296 g/mol. The molecule has 2 saturated heterocycles. The van der Waals surface area contributed by atoms with Gasteiger partial charge in [-0.3, -0.25) is 4.79 Å². The lowest BCUT2D eigenvalue weighted by Gasteiger charge is -2.32. The number of esters is 1. The van der Waals surface area contributed by atoms with Crippen LogP contribution < -0.4 is 5.32 Å². The molecular formula is C16H28N2O3. The molecule has 21 heavy (non-hydrogen) atoms. The van der Waals surface area contributed by atoms with Gasteiger partial charge >= 0.3 is 5.97 Å². The first kappa shape index (κ1) is 17.7. The van der Waals surface area contributed by atoms with Crippen LogP contribution in [0, 0.1) is 5.41 Å². The Morgan fingerprint density at radius 1 is 1.10 bits per heavy atom. The highest BCUT2D eigenvalue weighted by Gasteiger charge is 2.48. The van der Waals surface area contributed by atoms with Gasteiger partial charge in [-0.15, -0.1) is 0 Å². The Balaban J connectivity index is 0.000000510. The number of hydrogen-bond donors (Lipinski definition) is 1. The predicted octanol–water partition coefficient (Wildman–Crippen LogP) is 2.08. The highest BCUT2D eigenvalue weighted by molar-refractivity contribution is 5.90. The van der Waals surface area contributed by atoms with Gasteiger partial charge in [0.05, 0.1) is 11.1 Å². The van der Waals surface area contributed by atoms with Gasteiger partial charge < -0.3 is 15.0 Å². The summed E-state index contributed by atoms with van der Waals surface area (Å²) in [6, 6.07) is 0. The predicted molar refractivity (Wildman–Crippen MR) is 82.6 cm³/mol. The van der Waals surface area contributed by atoms with E-state index in [0.717, 1.165) is 44.6 Å². The van der Waals surface area contributed by atoms with Gasteiger partial charge in [0, 0.05) is 12.6 Å². The smallest absolute Gasteiger partial charge is 0.333 e. The molecule has 0 unspecified atom stereocenters. The molecule has 0 radical (unpaired) electrons. The molecule has 0 atom stereocenters. The average molecular weight is 296 g/mol. The van der Waals surface area contributed by atoms with Crippen LogP contribution in [0.5, 0.6) is 0 Å². The van der Waals surface area contributed by atoms with Crippen molar-refractivity contribution in [3.63, 3.8) is 0 Å². The normalized spacial score (nSPS) is 22.9. The lowest BCUT2D eigenvalue weighted by Crippen LogP contribution is -2.42. The highest BCUT2D eigenvalue weighted by atomic mass is 16.5. The molecule has 5 nitrogen and oxygen atoms in total. The lowest BCUT2D eigenvalue weighted by atomic mass is 9.78. The number of ether oxygens (including phenoxy) is 1. The van der Waals surface area contributed by atoms with Crippen LogP contribution in [-0.4, -0.2) is 43.0 Å². The summed E-state index contributed by atoms with van der Waals surface area (Å²) in [6.45, 7) is 10.8. The fourth-order valence-corrected chi connectivity index (χ4v) is 2.98. The van der Waals surface area contributed by atoms with E-state index in [1.807, 2.05) is 27.7 Å². The molecule has 0 aromatic rings. The van der Waals surface area contributed by atoms with Gasteiger partial charge in [0.15, 0.2) is 0 Å². The summed E-state index contributed by atoms with van der Waals surface area (Å²) in [6.07, 6.45) is 4.16. The first-order valence-corrected chi connectivity index (χ1v) is 8.11. The van der Waals surface area contributed by atoms with Crippen molar-refractivity contribution in [1.29, 1.82) is 0 Å². The molecule has 0 aliphatic carbocycles. The van der Waals surface area contributed by atoms with Gasteiger partial charge in [-0.2, -0.15) is 0 Å². The zero-order chi connectivity index (χ0) is 15.9. The van der Waals surface area contributed by atoms with Gasteiger partial charge in [-0.25, -0.2) is 4.79 Å². The number of nitrogens with one attached hydrogen (secondary N) is 1. The van der Waals surface area contributed by atoms with Crippen LogP contribution in [0.2, 0.25) is 0 Å². The minimum Gasteiger partial charge on any atom is -0.456 e. The molecule has 1 amide bonds. The first-order chi connectivity index (χ1) is 10.2. The van der Waals surface area contributed by atoms with Crippen LogP contribution in [-0.2, 0) is 14.3 Å². The molecule has 2 fully saturated rings. The van der Waals surface area contributed by atoms with Gasteiger partial charge in [-0.1, -0.05) is 27.7 Å². The van der Waals surface area contributed by atoms with Crippen molar-refractivity contribution in [2.45, 2.75) is 47.0 Å². The molecule has 1 N–H and O–H groups in total. The molecular weight excluding hydrogens is 268 g/mol. The lowest BCUT2D eigenvalue weighted by molar-refractivity contribution is -0.137. The van der Waals surface area contributed by atoms with Crippen molar-refractivity contribution in [2.24, 2.45) is 5.41 Å². The Kier molecular flexibility index (Phi) is 6.89. The number of nitrogens with zero attached hydrogens (tertiary/aromatic N) is 1. The van der Waals surface area contributed by atoms with Crippen molar-refractivity contribution in [1.82, 2.24) is 10.2 Å². The van der Waals surface area contributed by atoms with Crippen LogP contribution in [0.25, 0.3) is 0 Å². The van der Waals surface area contributed by atoms with E-state index in [-0.39, 0.29) is 23.9 Å². The van der Waals surface area contributed by atoms with E-state index in [1.54, 1.807) is 4.90 Å². The van der Waals surface area contributed by atoms with Crippen LogP contribution in [0.3, 0.4) is 0 Å². The van der Waals surface area contributed by atoms with E-state index >= 15 is 0 Å². The molecule has 3 aliphatic heterocycles. The molecule has 0 aromatic carbocycles. The summed E-state index contributed by atoms with van der Waals surface area (Å²) in [5, 5.41) is 3.28. The number of piperidine rings is 1. The summed E-state index contributed by atoms with van der Waals surface area (Å²) in [5.74, 6) is -0.150. The second-order valence-electron chi connectivity index (χ2n) is 4.98. The Morgan fingerprint density at radius 2 is 1.71 bits per heavy atom. The summed E-state index contributed by atoms with van der Waals surface area (Å²) < 4.78 is 4.86. The van der Waals surface area contributed by atoms with E-state index in [9.17, 15) is 9.59 Å². The third-order valence-electron chi connectivity index (χ3n) is 4.07. The van der Waals surface area contributed by atoms with Gasteiger partial charge in [0.2, 0.25) is 5.91 Å². The van der Waals surface area contributed by atoms with Crippen LogP contribution in [0.15, 0.2) is 11.8 Å². The van der Waals surface area contributed by atoms with Crippen molar-refractivity contribution in [2.75, 3.05) is 26.2 Å². The highest BCUT2D eigenvalue weighted by Crippen LogP contribution is 2.41. The number of carbonyl (C=O) groups is 2. The van der Waals surface area contributed by atoms with Crippen LogP contribution >= 0.6 is 0 Å². The maximum absolute atomic E-state index is 12.5. The number of cyclic esters (lactones) is 1. The van der Waals surface area contributed by atoms with Gasteiger partial charge in [0.25, 0.3) is 0 Å². The third-order valence-corrected chi connectivity index (χ3v) is 4.07. The standard InChI is InChI=1S/C12H16N2O3.2C2H6/c15-10-7-9(8-17-10)14-6-3-12(11(14)16)1-4-13-5-2-12;2*1-2/h7,13H,1-6,8H2;2*1-2H3. The van der Waals surface area contributed by atoms with Crippen LogP contribution in [0.4, 0.5) is 0 Å². The fourth-order valence-electron chi connectivity index (χ4n) is 2.98. The number of rotatable bonds is 1. The number of likely N-dealkylation sites (tertiary alicyclic amines) is 1. The maximum atomic E-state index is 12.5. The zero-order valence-electron chi connectivity index (χ0n) is 13.7. The van der Waals surface area contributed by atoms with E-state index in [2.05, 4.69) is 5.32 Å². The van der Waals surface area contributed by atoms with Gasteiger partial charge in [0.1, 0.15) is 6.61 Å². The quantitative estimate of drug-likeness (QED) is 0.753. The maximum Gasteiger partial charge on any atom is 0.333 e. The number of hydrogen-bond acceptors (Lipinski definition) is 4. The molecule has 3 aliphatic rings. The molecule has 0 saturated carbocycles. The number of carbonyl (C=O) groups excluding carboxylic acids is 2. The van der Waals surface area contributed by atoms with E-state index < -0.39 is 0 Å². The zero-order valence-corrected chi connectivity index (χ0v) is 13.7. The number of amides is 1. The fraction of sp³-hybridized carbons (Fsp3) is 0.750. The molecule has 120 valence electrons. The van der Waals surface area contributed by atoms with Crippen molar-refractivity contribution >= 4 is 11.9 Å². The van der Waals surface area contributed by atoms with Crippen molar-refractivity contribution < 1.29 is 14.3 Å². The Bertz CT molecular complexity index is 398. The van der Waals surface area contributed by atoms with Crippen molar-refractivity contribution in [3.8, 4) is 0 Å². The Labute approximate surface area is 127 Å². The van der Waals surface area contributed by atoms with E-state index in [0.29, 0.717) is 0 Å². The minimum atomic E-state index is -0.334. The topological polar surface area (TPSA) is 58.6 Å². The molecule has 5 heteroatoms. The molecule has 1 spiro atoms. The first-order valence-electron chi connectivity index (χ1n) is 8.11. The summed E-state index contributed by atoms with van der Waals surface area (Å²) in [4.78, 5) is 25.3. The van der Waals surface area contributed by atoms with Gasteiger partial charge in [-0.05, 0) is 32.4 Å².